The van der Waals surface area contributed by atoms with Crippen molar-refractivity contribution in [3.63, 3.8) is 0 Å². The van der Waals surface area contributed by atoms with Crippen molar-refractivity contribution in [2.45, 2.75) is 46.5 Å². The monoisotopic (exact) mass is 465 g/mol. The first-order valence-corrected chi connectivity index (χ1v) is 12.2. The van der Waals surface area contributed by atoms with Gasteiger partial charge in [0.25, 0.3) is 0 Å². The Morgan fingerprint density at radius 3 is 2.53 bits per heavy atom. The van der Waals surface area contributed by atoms with Gasteiger partial charge in [0.15, 0.2) is 0 Å². The zero-order valence-electron chi connectivity index (χ0n) is 23.5. The van der Waals surface area contributed by atoms with Crippen molar-refractivity contribution >= 4 is 28.9 Å². The summed E-state index contributed by atoms with van der Waals surface area (Å²) in [7, 11) is 1.67. The number of nitrogens with zero attached hydrogens (tertiary/aromatic N) is 3. The van der Waals surface area contributed by atoms with E-state index in [1.807, 2.05) is 24.3 Å². The van der Waals surface area contributed by atoms with E-state index in [1.54, 1.807) is 7.05 Å². The predicted octanol–water partition coefficient (Wildman–Crippen LogP) is 4.80. The van der Waals surface area contributed by atoms with E-state index in [2.05, 4.69) is 42.3 Å². The number of hydrogen-bond donors (Lipinski definition) is 1. The first kappa shape index (κ1) is 20.4. The Bertz CT molecular complexity index is 1110. The number of carbonyl (C=O) groups excluding carboxylic acids is 2. The maximum Gasteiger partial charge on any atom is 0.228 e. The summed E-state index contributed by atoms with van der Waals surface area (Å²) in [5.74, 6) is -0.0695. The molecule has 2 saturated heterocycles. The van der Waals surface area contributed by atoms with Crippen LogP contribution in [0.4, 0.5) is 17.1 Å². The van der Waals surface area contributed by atoms with Gasteiger partial charge in [-0.05, 0) is 74.0 Å². The van der Waals surface area contributed by atoms with Crippen molar-refractivity contribution in [3.05, 3.63) is 53.6 Å². The standard InChI is InChI=1S/C28H38N4O2/c1-5-31(28(34)23-17-27(33)30(4)19-23)18-22-6-8-24(9-7-22)29-26-11-10-25(16-21(26)3)32-14-12-20(2)13-15-32/h6-11,16,20,23,29H,5,12-15,17-19H2,1-4H3/i1D3. The Kier molecular flexibility index (Phi) is 6.29. The smallest absolute Gasteiger partial charge is 0.228 e. The van der Waals surface area contributed by atoms with Crippen LogP contribution in [0, 0.1) is 18.8 Å². The minimum atomic E-state index is -2.28. The fraction of sp³-hybridized carbons (Fsp3) is 0.500. The lowest BCUT2D eigenvalue weighted by Gasteiger charge is -2.32. The molecule has 2 fully saturated rings. The van der Waals surface area contributed by atoms with E-state index in [-0.39, 0.29) is 31.3 Å². The van der Waals surface area contributed by atoms with Crippen molar-refractivity contribution in [3.8, 4) is 0 Å². The molecule has 6 nitrogen and oxygen atoms in total. The second-order valence-corrected chi connectivity index (χ2v) is 9.86. The minimum absolute atomic E-state index is 0.0866. The molecule has 6 heteroatoms. The molecule has 0 spiro atoms. The van der Waals surface area contributed by atoms with E-state index in [1.165, 1.54) is 33.9 Å². The first-order valence-electron chi connectivity index (χ1n) is 13.7. The zero-order valence-corrected chi connectivity index (χ0v) is 20.5. The lowest BCUT2D eigenvalue weighted by atomic mass is 9.98. The van der Waals surface area contributed by atoms with Gasteiger partial charge in [0.2, 0.25) is 11.8 Å². The molecule has 0 bridgehead atoms. The number of carbonyl (C=O) groups is 2. The number of amides is 2. The van der Waals surface area contributed by atoms with Crippen molar-refractivity contribution in [2.75, 3.05) is 43.4 Å². The lowest BCUT2D eigenvalue weighted by molar-refractivity contribution is -0.136. The van der Waals surface area contributed by atoms with Crippen molar-refractivity contribution < 1.29 is 13.7 Å². The van der Waals surface area contributed by atoms with Gasteiger partial charge in [-0.25, -0.2) is 0 Å². The average molecular weight is 466 g/mol. The summed E-state index contributed by atoms with van der Waals surface area (Å²) in [5, 5.41) is 3.47. The lowest BCUT2D eigenvalue weighted by Crippen LogP contribution is -2.36. The third-order valence-corrected chi connectivity index (χ3v) is 7.16. The van der Waals surface area contributed by atoms with E-state index >= 15 is 0 Å². The van der Waals surface area contributed by atoms with Gasteiger partial charge in [0.05, 0.1) is 5.92 Å². The van der Waals surface area contributed by atoms with E-state index in [0.717, 1.165) is 35.9 Å². The second-order valence-electron chi connectivity index (χ2n) is 9.86. The number of aryl methyl sites for hydroxylation is 1. The van der Waals surface area contributed by atoms with E-state index in [9.17, 15) is 9.59 Å². The molecule has 2 aromatic rings. The molecule has 2 amide bonds. The van der Waals surface area contributed by atoms with Crippen LogP contribution in [-0.2, 0) is 16.1 Å². The summed E-state index contributed by atoms with van der Waals surface area (Å²) in [4.78, 5) is 30.4. The molecule has 0 aromatic heterocycles. The number of likely N-dealkylation sites (tertiary alicyclic amines) is 1. The van der Waals surface area contributed by atoms with E-state index in [0.29, 0.717) is 6.54 Å². The molecule has 182 valence electrons. The highest BCUT2D eigenvalue weighted by Gasteiger charge is 2.34. The van der Waals surface area contributed by atoms with Gasteiger partial charge in [0, 0.05) is 67.4 Å². The molecule has 4 rings (SSSR count). The second kappa shape index (κ2) is 10.5. The fourth-order valence-corrected chi connectivity index (χ4v) is 4.82. The summed E-state index contributed by atoms with van der Waals surface area (Å²) < 4.78 is 23.1. The average Bonchev–Trinajstić information content (AvgIpc) is 3.18. The number of piperidine rings is 1. The largest absolute Gasteiger partial charge is 0.372 e. The maximum atomic E-state index is 13.1. The molecule has 0 aliphatic carbocycles. The molecule has 0 radical (unpaired) electrons. The first-order chi connectivity index (χ1) is 17.5. The van der Waals surface area contributed by atoms with Crippen LogP contribution in [0.5, 0.6) is 0 Å². The highest BCUT2D eigenvalue weighted by molar-refractivity contribution is 5.89. The quantitative estimate of drug-likeness (QED) is 0.638. The molecule has 2 aliphatic heterocycles. The van der Waals surface area contributed by atoms with Crippen LogP contribution in [0.2, 0.25) is 0 Å². The highest BCUT2D eigenvalue weighted by Crippen LogP contribution is 2.29. The number of nitrogens with one attached hydrogen (secondary N) is 1. The van der Waals surface area contributed by atoms with E-state index < -0.39 is 12.8 Å². The van der Waals surface area contributed by atoms with Gasteiger partial charge in [0.1, 0.15) is 0 Å². The minimum Gasteiger partial charge on any atom is -0.372 e. The molecule has 34 heavy (non-hydrogen) atoms. The summed E-state index contributed by atoms with van der Waals surface area (Å²) in [5.41, 5.74) is 5.23. The normalized spacial score (nSPS) is 20.6. The molecule has 1 unspecified atom stereocenters. The van der Waals surface area contributed by atoms with Crippen molar-refractivity contribution in [2.24, 2.45) is 11.8 Å². The number of benzene rings is 2. The highest BCUT2D eigenvalue weighted by atomic mass is 16.2. The Morgan fingerprint density at radius 2 is 1.91 bits per heavy atom. The summed E-state index contributed by atoms with van der Waals surface area (Å²) in [6.07, 6.45) is 2.60. The molecule has 1 atom stereocenters. The summed E-state index contributed by atoms with van der Waals surface area (Å²) >= 11 is 0. The van der Waals surface area contributed by atoms with Crippen LogP contribution in [0.15, 0.2) is 42.5 Å². The molecule has 2 aromatic carbocycles. The Labute approximate surface area is 208 Å². The fourth-order valence-electron chi connectivity index (χ4n) is 4.82. The third-order valence-electron chi connectivity index (χ3n) is 7.16. The van der Waals surface area contributed by atoms with Crippen molar-refractivity contribution in [1.82, 2.24) is 9.80 Å². The Hall–Kier alpha value is -3.02. The van der Waals surface area contributed by atoms with Crippen LogP contribution >= 0.6 is 0 Å². The Balaban J connectivity index is 1.41. The van der Waals surface area contributed by atoms with Gasteiger partial charge in [-0.3, -0.25) is 9.59 Å². The van der Waals surface area contributed by atoms with Gasteiger partial charge < -0.3 is 20.0 Å². The molecule has 2 heterocycles. The molecule has 0 saturated carbocycles. The van der Waals surface area contributed by atoms with Crippen LogP contribution < -0.4 is 10.2 Å². The molecular formula is C28H38N4O2. The topological polar surface area (TPSA) is 55.9 Å². The maximum absolute atomic E-state index is 13.1. The van der Waals surface area contributed by atoms with Gasteiger partial charge in [-0.15, -0.1) is 0 Å². The van der Waals surface area contributed by atoms with Gasteiger partial charge in [-0.2, -0.15) is 0 Å². The van der Waals surface area contributed by atoms with Crippen molar-refractivity contribution in [1.29, 1.82) is 0 Å². The third kappa shape index (κ3) is 5.54. The predicted molar refractivity (Wildman–Crippen MR) is 138 cm³/mol. The SMILES string of the molecule is [2H]C([2H])([2H])CN(Cc1ccc(Nc2ccc(N3CCC(C)CC3)cc2C)cc1)C(=O)C1CC(=O)N(C)C1. The Morgan fingerprint density at radius 1 is 1.18 bits per heavy atom. The zero-order chi connectivity index (χ0) is 26.7. The summed E-state index contributed by atoms with van der Waals surface area (Å²) in [6, 6.07) is 14.2. The number of anilines is 3. The van der Waals surface area contributed by atoms with E-state index in [4.69, 9.17) is 4.11 Å². The van der Waals surface area contributed by atoms with Crippen LogP contribution in [0.3, 0.4) is 0 Å². The van der Waals surface area contributed by atoms with Gasteiger partial charge in [-0.1, -0.05) is 19.1 Å². The van der Waals surface area contributed by atoms with Gasteiger partial charge >= 0.3 is 0 Å². The molecular weight excluding hydrogens is 424 g/mol. The number of rotatable bonds is 7. The molecule has 1 N–H and O–H groups in total. The van der Waals surface area contributed by atoms with Crippen LogP contribution in [0.1, 0.15) is 48.3 Å². The number of hydrogen-bond acceptors (Lipinski definition) is 4. The molecule has 2 aliphatic rings. The summed E-state index contributed by atoms with van der Waals surface area (Å²) in [6.45, 7) is 4.52. The van der Waals surface area contributed by atoms with Crippen LogP contribution in [-0.4, -0.2) is 54.8 Å². The van der Waals surface area contributed by atoms with Crippen LogP contribution in [0.25, 0.3) is 0 Å².